The van der Waals surface area contributed by atoms with E-state index in [1.165, 1.54) is 51.4 Å². The molecule has 1 unspecified atom stereocenters. The van der Waals surface area contributed by atoms with Crippen LogP contribution in [-0.2, 0) is 11.3 Å². The number of alkyl halides is 14. The summed E-state index contributed by atoms with van der Waals surface area (Å²) in [5.41, 5.74) is -13.7. The Morgan fingerprint density at radius 1 is 0.635 bits per heavy atom. The zero-order valence-electron chi connectivity index (χ0n) is 32.7. The van der Waals surface area contributed by atoms with E-state index < -0.39 is 65.1 Å². The predicted octanol–water partition coefficient (Wildman–Crippen LogP) is 8.89. The van der Waals surface area contributed by atoms with E-state index in [4.69, 9.17) is 35.0 Å². The van der Waals surface area contributed by atoms with Crippen LogP contribution in [0.3, 0.4) is 0 Å². The number of aryl methyl sites for hydroxylation is 2. The van der Waals surface area contributed by atoms with Gasteiger partial charge in [-0.15, -0.1) is 0 Å². The number of hydrogen-bond donors (Lipinski definition) is 1. The Morgan fingerprint density at radius 3 is 1.44 bits per heavy atom. The number of rotatable bonds is 5. The predicted molar refractivity (Wildman–Crippen MR) is 198 cm³/mol. The number of aliphatic imine (C=N–C) groups is 1. The van der Waals surface area contributed by atoms with Crippen molar-refractivity contribution in [1.29, 1.82) is 5.26 Å². The van der Waals surface area contributed by atoms with Gasteiger partial charge in [-0.1, -0.05) is 59.6 Å². The van der Waals surface area contributed by atoms with Crippen LogP contribution in [0.5, 0.6) is 0 Å². The molecule has 7 nitrogen and oxygen atoms in total. The molecule has 6 rings (SSSR count). The first kappa shape index (κ1) is 53.5. The van der Waals surface area contributed by atoms with Crippen LogP contribution in [0.15, 0.2) is 77.8 Å². The van der Waals surface area contributed by atoms with Crippen LogP contribution in [-0.4, -0.2) is 56.5 Å². The van der Waals surface area contributed by atoms with E-state index in [1.54, 1.807) is 6.07 Å². The molecule has 0 bridgehead atoms. The molecule has 0 fully saturated rings. The van der Waals surface area contributed by atoms with E-state index in [1.807, 2.05) is 0 Å². The number of amidine groups is 1. The number of carbonyl (C=O) groups excluding carboxylic acids is 2. The number of carbonyl (C=O) groups is 2. The van der Waals surface area contributed by atoms with Crippen LogP contribution in [0.1, 0.15) is 60.3 Å². The van der Waals surface area contributed by atoms with E-state index in [-0.39, 0.29) is 106 Å². The number of nitrogens with zero attached hydrogens (tertiary/aromatic N) is 4. The van der Waals surface area contributed by atoms with Gasteiger partial charge in [0.25, 0.3) is 11.8 Å². The van der Waals surface area contributed by atoms with E-state index in [0.717, 1.165) is 28.9 Å². The number of nitrogens with one attached hydrogen (secondary N) is 1. The van der Waals surface area contributed by atoms with Crippen LogP contribution in [0.2, 0.25) is 10.0 Å². The van der Waals surface area contributed by atoms with Crippen LogP contribution in [0, 0.1) is 25.7 Å². The minimum Gasteiger partial charge on any atom is -0.512 e. The van der Waals surface area contributed by atoms with Crippen molar-refractivity contribution in [3.05, 3.63) is 134 Å². The molecular weight excluding hydrogens is 946 g/mol. The Morgan fingerprint density at radius 2 is 1.05 bits per heavy atom. The molecule has 0 aliphatic carbocycles. The maximum Gasteiger partial charge on any atom is 1.00 e. The Hall–Kier alpha value is -3.82. The smallest absolute Gasteiger partial charge is 0.512 e. The quantitative estimate of drug-likeness (QED) is 0.123. The summed E-state index contributed by atoms with van der Waals surface area (Å²) in [6.07, 6.45) is -25.7. The normalized spacial score (nSPS) is 16.2. The zero-order valence-corrected chi connectivity index (χ0v) is 37.3. The van der Waals surface area contributed by atoms with E-state index >= 15 is 0 Å². The minimum absolute atomic E-state index is 0. The Labute approximate surface area is 401 Å². The average Bonchev–Trinajstić information content (AvgIpc) is 3.64. The monoisotopic (exact) mass is 971 g/mol. The summed E-state index contributed by atoms with van der Waals surface area (Å²) in [6, 6.07) is 12.3. The molecule has 0 radical (unpaired) electrons. The fourth-order valence-electron chi connectivity index (χ4n) is 6.83. The van der Waals surface area contributed by atoms with Gasteiger partial charge in [0.2, 0.25) is 0 Å². The summed E-state index contributed by atoms with van der Waals surface area (Å²) >= 11 is 12.3. The summed E-state index contributed by atoms with van der Waals surface area (Å²) in [7, 11) is 2.85. The third kappa shape index (κ3) is 9.08. The van der Waals surface area contributed by atoms with E-state index in [0.29, 0.717) is 29.8 Å². The SMILES string of the molecule is CN=C1c2c(Cl)cccc2C(=O)N1c1ccc(C(F)(C(F)(F)F)C(F)(F)F)cc1C.CNC1c2c(Cl)cccc2C(=O)N1c1ccc(C(F)(C(F)(F)F)C(F)(F)F)cc1C.[C-]#N.[K+]. The summed E-state index contributed by atoms with van der Waals surface area (Å²) < 4.78 is 185. The van der Waals surface area contributed by atoms with Gasteiger partial charge in [-0.25, -0.2) is 8.78 Å². The molecule has 4 aromatic carbocycles. The second kappa shape index (κ2) is 19.0. The molecule has 0 saturated carbocycles. The molecule has 2 aliphatic heterocycles. The molecule has 24 heteroatoms. The molecule has 0 aromatic heterocycles. The molecular formula is C39H26Cl2F14KN5O2. The number of amides is 2. The molecule has 0 saturated heterocycles. The number of anilines is 2. The average molecular weight is 973 g/mol. The van der Waals surface area contributed by atoms with Crippen LogP contribution in [0.25, 0.3) is 0 Å². The number of benzene rings is 4. The third-order valence-corrected chi connectivity index (χ3v) is 10.3. The molecule has 1 atom stereocenters. The maximum atomic E-state index is 14.4. The molecule has 2 aliphatic rings. The Bertz CT molecular complexity index is 2430. The summed E-state index contributed by atoms with van der Waals surface area (Å²) in [4.78, 5) is 31.8. The van der Waals surface area contributed by atoms with Crippen molar-refractivity contribution in [3.8, 4) is 0 Å². The van der Waals surface area contributed by atoms with Crippen molar-refractivity contribution < 1.29 is 122 Å². The molecule has 2 heterocycles. The van der Waals surface area contributed by atoms with Gasteiger partial charge in [-0.05, 0) is 68.4 Å². The van der Waals surface area contributed by atoms with Crippen molar-refractivity contribution in [2.75, 3.05) is 23.9 Å². The number of halogens is 16. The van der Waals surface area contributed by atoms with Crippen LogP contribution >= 0.6 is 23.2 Å². The fourth-order valence-corrected chi connectivity index (χ4v) is 7.37. The van der Waals surface area contributed by atoms with Gasteiger partial charge in [-0.2, -0.15) is 52.7 Å². The molecule has 0 spiro atoms. The Balaban J connectivity index is 0.000000318. The first-order valence-electron chi connectivity index (χ1n) is 17.0. The Kier molecular flexibility index (Phi) is 16.1. The summed E-state index contributed by atoms with van der Waals surface area (Å²) in [5, 5.41) is 9.55. The van der Waals surface area contributed by atoms with Gasteiger partial charge >= 0.3 is 87.4 Å². The summed E-state index contributed by atoms with van der Waals surface area (Å²) in [6.45, 7) is 7.10. The number of fused-ring (bicyclic) bond motifs is 2. The van der Waals surface area contributed by atoms with Crippen molar-refractivity contribution >= 4 is 52.2 Å². The molecule has 1 N–H and O–H groups in total. The molecule has 332 valence electrons. The maximum absolute atomic E-state index is 14.4. The fraction of sp³-hybridized carbons (Fsp3) is 0.282. The number of hydrogen-bond acceptors (Lipinski definition) is 5. The van der Waals surface area contributed by atoms with Crippen molar-refractivity contribution in [2.45, 2.75) is 56.1 Å². The first-order valence-corrected chi connectivity index (χ1v) is 17.8. The zero-order chi connectivity index (χ0) is 47.3. The third-order valence-electron chi connectivity index (χ3n) is 9.65. The molecule has 2 amide bonds. The van der Waals surface area contributed by atoms with Gasteiger partial charge in [0.1, 0.15) is 12.0 Å². The van der Waals surface area contributed by atoms with Gasteiger partial charge in [0, 0.05) is 45.6 Å². The van der Waals surface area contributed by atoms with Crippen LogP contribution < -0.4 is 66.5 Å². The van der Waals surface area contributed by atoms with Gasteiger partial charge < -0.3 is 11.8 Å². The second-order valence-electron chi connectivity index (χ2n) is 13.2. The van der Waals surface area contributed by atoms with Crippen molar-refractivity contribution in [1.82, 2.24) is 5.32 Å². The molecule has 4 aromatic rings. The topological polar surface area (TPSA) is 88.8 Å². The van der Waals surface area contributed by atoms with Gasteiger partial charge in [0.05, 0.1) is 16.3 Å². The second-order valence-corrected chi connectivity index (χ2v) is 14.0. The molecule has 63 heavy (non-hydrogen) atoms. The van der Waals surface area contributed by atoms with Crippen molar-refractivity contribution in [2.24, 2.45) is 4.99 Å². The van der Waals surface area contributed by atoms with Crippen molar-refractivity contribution in [3.63, 3.8) is 0 Å². The standard InChI is InChI=1S/C19H14ClF7N2O.C19H12ClF7N2O.CN.K/c2*1-9-8-10(17(21,18(22,23)24)19(25,26)27)6-7-13(9)29-15(28-2)14-11(16(29)30)4-3-5-12(14)20;1-2;/h3-8,15,28H,1-2H3;3-8H,1-2H3;;/q;;-1;+1. The van der Waals surface area contributed by atoms with E-state index in [9.17, 15) is 71.1 Å². The largest absolute Gasteiger partial charge is 1.00 e. The minimum atomic E-state index is -6.23. The van der Waals surface area contributed by atoms with Gasteiger partial charge in [-0.3, -0.25) is 29.7 Å². The van der Waals surface area contributed by atoms with E-state index in [2.05, 4.69) is 10.3 Å². The first-order chi connectivity index (χ1) is 28.5. The van der Waals surface area contributed by atoms with Crippen LogP contribution in [0.4, 0.5) is 72.8 Å². The summed E-state index contributed by atoms with van der Waals surface area (Å²) in [5.74, 6) is -1.11. The van der Waals surface area contributed by atoms with Gasteiger partial charge in [0.15, 0.2) is 0 Å².